The van der Waals surface area contributed by atoms with Crippen LogP contribution in [-0.2, 0) is 0 Å². The Hall–Kier alpha value is -2.96. The Labute approximate surface area is 129 Å². The second kappa shape index (κ2) is 5.35. The molecule has 5 nitrogen and oxygen atoms in total. The first-order valence-corrected chi connectivity index (χ1v) is 6.97. The number of rotatable bonds is 2. The van der Waals surface area contributed by atoms with Crippen molar-refractivity contribution in [1.29, 1.82) is 0 Å². The van der Waals surface area contributed by atoms with Gasteiger partial charge >= 0.3 is 0 Å². The van der Waals surface area contributed by atoms with E-state index in [0.29, 0.717) is 41.4 Å². The minimum atomic E-state index is -0.573. The Morgan fingerprint density at radius 1 is 0.957 bits per heavy atom. The Morgan fingerprint density at radius 3 is 2.57 bits per heavy atom. The van der Waals surface area contributed by atoms with Crippen LogP contribution in [0.3, 0.4) is 0 Å². The van der Waals surface area contributed by atoms with Gasteiger partial charge in [-0.25, -0.2) is 18.7 Å². The summed E-state index contributed by atoms with van der Waals surface area (Å²) in [5.41, 5.74) is 0.614. The highest BCUT2D eigenvalue weighted by Crippen LogP contribution is 2.36. The van der Waals surface area contributed by atoms with Gasteiger partial charge in [0.15, 0.2) is 11.5 Å². The number of nitrogens with one attached hydrogen (secondary N) is 1. The molecule has 1 N–H and O–H groups in total. The van der Waals surface area contributed by atoms with Gasteiger partial charge in [0.1, 0.15) is 37.0 Å². The monoisotopic (exact) mass is 315 g/mol. The molecule has 0 saturated heterocycles. The molecule has 1 aliphatic rings. The van der Waals surface area contributed by atoms with E-state index in [1.54, 1.807) is 12.1 Å². The maximum Gasteiger partial charge on any atom is 0.163 e. The normalized spacial score (nSPS) is 13.1. The number of halogens is 2. The average molecular weight is 315 g/mol. The van der Waals surface area contributed by atoms with Crippen LogP contribution in [0.25, 0.3) is 10.9 Å². The van der Waals surface area contributed by atoms with Gasteiger partial charge in [0.05, 0.1) is 11.2 Å². The largest absolute Gasteiger partial charge is 0.486 e. The van der Waals surface area contributed by atoms with E-state index in [1.165, 1.54) is 6.33 Å². The second-order valence-electron chi connectivity index (χ2n) is 4.98. The molecule has 2 aromatic carbocycles. The maximum atomic E-state index is 13.8. The minimum Gasteiger partial charge on any atom is -0.486 e. The Bertz CT molecular complexity index is 902. The number of hydrogen-bond donors (Lipinski definition) is 1. The zero-order chi connectivity index (χ0) is 15.8. The molecule has 116 valence electrons. The van der Waals surface area contributed by atoms with Gasteiger partial charge in [0, 0.05) is 17.5 Å². The lowest BCUT2D eigenvalue weighted by Crippen LogP contribution is -2.15. The predicted octanol–water partition coefficient (Wildman–Crippen LogP) is 3.42. The van der Waals surface area contributed by atoms with Crippen molar-refractivity contribution in [3.63, 3.8) is 0 Å². The summed E-state index contributed by atoms with van der Waals surface area (Å²) >= 11 is 0. The van der Waals surface area contributed by atoms with E-state index < -0.39 is 11.6 Å². The average Bonchev–Trinajstić information content (AvgIpc) is 2.57. The summed E-state index contributed by atoms with van der Waals surface area (Å²) in [4.78, 5) is 8.29. The first-order chi connectivity index (χ1) is 11.2. The number of hydrogen-bond acceptors (Lipinski definition) is 5. The van der Waals surface area contributed by atoms with Crippen LogP contribution in [0.15, 0.2) is 36.7 Å². The zero-order valence-corrected chi connectivity index (χ0v) is 11.8. The summed E-state index contributed by atoms with van der Waals surface area (Å²) < 4.78 is 38.2. The summed E-state index contributed by atoms with van der Waals surface area (Å²) in [5.74, 6) is 0.417. The van der Waals surface area contributed by atoms with Crippen LogP contribution in [-0.4, -0.2) is 23.2 Å². The van der Waals surface area contributed by atoms with Crippen LogP contribution in [0.1, 0.15) is 0 Å². The lowest BCUT2D eigenvalue weighted by atomic mass is 10.2. The molecule has 0 fully saturated rings. The molecule has 2 heterocycles. The standard InChI is InChI=1S/C16H11F2N3O2/c17-9-1-2-11(18)13(5-9)21-16-10-6-14-15(23-4-3-22-14)7-12(10)19-8-20-16/h1-2,5-8H,3-4H2,(H,19,20,21). The molecular formula is C16H11F2N3O2. The van der Waals surface area contributed by atoms with E-state index in [-0.39, 0.29) is 5.69 Å². The summed E-state index contributed by atoms with van der Waals surface area (Å²) in [6.45, 7) is 0.927. The highest BCUT2D eigenvalue weighted by atomic mass is 19.1. The molecule has 0 saturated carbocycles. The van der Waals surface area contributed by atoms with Crippen molar-refractivity contribution in [2.45, 2.75) is 0 Å². The summed E-state index contributed by atoms with van der Waals surface area (Å²) in [6, 6.07) is 6.64. The van der Waals surface area contributed by atoms with Gasteiger partial charge in [-0.05, 0) is 18.2 Å². The topological polar surface area (TPSA) is 56.3 Å². The fraction of sp³-hybridized carbons (Fsp3) is 0.125. The van der Waals surface area contributed by atoms with Crippen molar-refractivity contribution in [1.82, 2.24) is 9.97 Å². The lowest BCUT2D eigenvalue weighted by molar-refractivity contribution is 0.172. The van der Waals surface area contributed by atoms with Crippen LogP contribution in [0, 0.1) is 11.6 Å². The molecule has 4 rings (SSSR count). The van der Waals surface area contributed by atoms with Gasteiger partial charge in [-0.2, -0.15) is 0 Å². The molecule has 0 bridgehead atoms. The third-order valence-corrected chi connectivity index (χ3v) is 3.48. The Balaban J connectivity index is 1.82. The number of ether oxygens (including phenoxy) is 2. The van der Waals surface area contributed by atoms with Gasteiger partial charge in [-0.1, -0.05) is 0 Å². The van der Waals surface area contributed by atoms with Gasteiger partial charge in [-0.15, -0.1) is 0 Å². The summed E-state index contributed by atoms with van der Waals surface area (Å²) in [6.07, 6.45) is 1.35. The molecule has 0 amide bonds. The molecule has 0 radical (unpaired) electrons. The van der Waals surface area contributed by atoms with E-state index in [1.807, 2.05) is 0 Å². The zero-order valence-electron chi connectivity index (χ0n) is 11.8. The first-order valence-electron chi connectivity index (χ1n) is 6.97. The van der Waals surface area contributed by atoms with Crippen molar-refractivity contribution in [2.75, 3.05) is 18.5 Å². The number of nitrogens with zero attached hydrogens (tertiary/aromatic N) is 2. The number of benzene rings is 2. The van der Waals surface area contributed by atoms with E-state index in [0.717, 1.165) is 18.2 Å². The van der Waals surface area contributed by atoms with Crippen molar-refractivity contribution >= 4 is 22.4 Å². The lowest BCUT2D eigenvalue weighted by Gasteiger charge is -2.19. The maximum absolute atomic E-state index is 13.8. The van der Waals surface area contributed by atoms with Gasteiger partial charge in [-0.3, -0.25) is 0 Å². The molecule has 0 atom stereocenters. The van der Waals surface area contributed by atoms with Gasteiger partial charge < -0.3 is 14.8 Å². The van der Waals surface area contributed by atoms with Crippen molar-refractivity contribution in [3.05, 3.63) is 48.3 Å². The molecule has 23 heavy (non-hydrogen) atoms. The molecule has 1 aromatic heterocycles. The smallest absolute Gasteiger partial charge is 0.163 e. The highest BCUT2D eigenvalue weighted by Gasteiger charge is 2.16. The SMILES string of the molecule is Fc1ccc(F)c(Nc2ncnc3cc4c(cc23)OCCO4)c1. The van der Waals surface area contributed by atoms with Crippen LogP contribution in [0.2, 0.25) is 0 Å². The Morgan fingerprint density at radius 2 is 1.74 bits per heavy atom. The van der Waals surface area contributed by atoms with Gasteiger partial charge in [0.2, 0.25) is 0 Å². The van der Waals surface area contributed by atoms with Crippen molar-refractivity contribution in [3.8, 4) is 11.5 Å². The molecule has 0 unspecified atom stereocenters. The summed E-state index contributed by atoms with van der Waals surface area (Å²) in [7, 11) is 0. The van der Waals surface area contributed by atoms with E-state index in [4.69, 9.17) is 9.47 Å². The fourth-order valence-electron chi connectivity index (χ4n) is 2.41. The number of anilines is 2. The minimum absolute atomic E-state index is 0.000103. The van der Waals surface area contributed by atoms with Crippen LogP contribution in [0.5, 0.6) is 11.5 Å². The predicted molar refractivity (Wildman–Crippen MR) is 80.2 cm³/mol. The van der Waals surface area contributed by atoms with Gasteiger partial charge in [0.25, 0.3) is 0 Å². The Kier molecular flexibility index (Phi) is 3.18. The fourth-order valence-corrected chi connectivity index (χ4v) is 2.41. The third-order valence-electron chi connectivity index (χ3n) is 3.48. The molecule has 7 heteroatoms. The van der Waals surface area contributed by atoms with Crippen LogP contribution >= 0.6 is 0 Å². The second-order valence-corrected chi connectivity index (χ2v) is 4.98. The number of fused-ring (bicyclic) bond motifs is 2. The van der Waals surface area contributed by atoms with E-state index in [9.17, 15) is 8.78 Å². The number of aromatic nitrogens is 2. The molecule has 0 aliphatic carbocycles. The first kappa shape index (κ1) is 13.7. The quantitative estimate of drug-likeness (QED) is 0.785. The van der Waals surface area contributed by atoms with Crippen molar-refractivity contribution in [2.24, 2.45) is 0 Å². The third kappa shape index (κ3) is 2.50. The summed E-state index contributed by atoms with van der Waals surface area (Å²) in [5, 5.41) is 3.43. The van der Waals surface area contributed by atoms with E-state index >= 15 is 0 Å². The molecule has 1 aliphatic heterocycles. The molecule has 0 spiro atoms. The van der Waals surface area contributed by atoms with E-state index in [2.05, 4.69) is 15.3 Å². The van der Waals surface area contributed by atoms with Crippen LogP contribution in [0.4, 0.5) is 20.3 Å². The highest BCUT2D eigenvalue weighted by molar-refractivity contribution is 5.93. The van der Waals surface area contributed by atoms with Crippen molar-refractivity contribution < 1.29 is 18.3 Å². The van der Waals surface area contributed by atoms with Crippen LogP contribution < -0.4 is 14.8 Å². The molecular weight excluding hydrogens is 304 g/mol. The molecule has 3 aromatic rings.